The lowest BCUT2D eigenvalue weighted by atomic mass is 10.1. The van der Waals surface area contributed by atoms with E-state index in [1.54, 1.807) is 0 Å². The Hall–Kier alpha value is -3.11. The van der Waals surface area contributed by atoms with E-state index in [4.69, 9.17) is 23.3 Å². The number of unbranched alkanes of at least 4 members (excludes halogenated alkanes) is 6. The Labute approximate surface area is 370 Å². The molecule has 0 saturated carbocycles. The highest BCUT2D eigenvalue weighted by atomic mass is 31.2. The van der Waals surface area contributed by atoms with Crippen molar-refractivity contribution in [2.24, 2.45) is 0 Å². The van der Waals surface area contributed by atoms with Crippen LogP contribution in [0.4, 0.5) is 0 Å². The maximum absolute atomic E-state index is 12.8. The molecule has 1 aliphatic heterocycles. The normalized spacial score (nSPS) is 17.7. The number of nitrogens with zero attached hydrogens (tertiary/aromatic N) is 1. The average molecular weight is 873 g/mol. The first-order chi connectivity index (χ1) is 29.5. The number of quaternary nitrogens is 1. The van der Waals surface area contributed by atoms with Gasteiger partial charge in [0.25, 0.3) is 0 Å². The fourth-order valence-electron chi connectivity index (χ4n) is 5.83. The van der Waals surface area contributed by atoms with Crippen molar-refractivity contribution in [2.45, 2.75) is 161 Å². The molecule has 0 aromatic heterocycles. The smallest absolute Gasteiger partial charge is 0.462 e. The van der Waals surface area contributed by atoms with Crippen molar-refractivity contribution >= 4 is 19.8 Å². The molecule has 0 aromatic rings. The first-order valence-electron chi connectivity index (χ1n) is 23.1. The van der Waals surface area contributed by atoms with Crippen molar-refractivity contribution in [3.63, 3.8) is 0 Å². The molecule has 0 aliphatic carbocycles. The summed E-state index contributed by atoms with van der Waals surface area (Å²) in [5.74, 6) is -0.923. The summed E-state index contributed by atoms with van der Waals surface area (Å²) in [5.41, 5.74) is 0. The largest absolute Gasteiger partial charge is 0.472 e. The van der Waals surface area contributed by atoms with Gasteiger partial charge in [0.1, 0.15) is 19.8 Å². The molecule has 1 fully saturated rings. The predicted octanol–water partition coefficient (Wildman–Crippen LogP) is 12.3. The van der Waals surface area contributed by atoms with Gasteiger partial charge in [-0.3, -0.25) is 18.6 Å². The van der Waals surface area contributed by atoms with Gasteiger partial charge in [-0.2, -0.15) is 0 Å². The number of hydrogen-bond donors (Lipinski definition) is 1. The lowest BCUT2D eigenvalue weighted by molar-refractivity contribution is -0.870. The van der Waals surface area contributed by atoms with Crippen molar-refractivity contribution in [2.75, 3.05) is 47.5 Å². The minimum atomic E-state index is -4.42. The molecular formula is C50H83NO9P+. The van der Waals surface area contributed by atoms with Crippen LogP contribution in [0.5, 0.6) is 0 Å². The van der Waals surface area contributed by atoms with Crippen LogP contribution in [0, 0.1) is 0 Å². The molecule has 10 nitrogen and oxygen atoms in total. The van der Waals surface area contributed by atoms with E-state index in [2.05, 4.69) is 111 Å². The van der Waals surface area contributed by atoms with Gasteiger partial charge in [0.05, 0.1) is 40.0 Å². The molecular weight excluding hydrogens is 790 g/mol. The molecule has 3 unspecified atom stereocenters. The highest BCUT2D eigenvalue weighted by Crippen LogP contribution is 2.43. The third kappa shape index (κ3) is 38.3. The maximum atomic E-state index is 12.8. The summed E-state index contributed by atoms with van der Waals surface area (Å²) in [6.45, 7) is 4.13. The van der Waals surface area contributed by atoms with Crippen LogP contribution >= 0.6 is 7.82 Å². The molecule has 1 aliphatic rings. The van der Waals surface area contributed by atoms with Crippen LogP contribution in [0.25, 0.3) is 0 Å². The third-order valence-electron chi connectivity index (χ3n) is 9.52. The van der Waals surface area contributed by atoms with Crippen molar-refractivity contribution in [3.05, 3.63) is 97.2 Å². The fraction of sp³-hybridized carbons (Fsp3) is 0.640. The summed E-state index contributed by atoms with van der Waals surface area (Å²) in [7, 11) is 1.39. The van der Waals surface area contributed by atoms with Crippen LogP contribution in [-0.2, 0) is 37.4 Å². The second kappa shape index (κ2) is 37.4. The molecule has 1 rings (SSSR count). The quantitative estimate of drug-likeness (QED) is 0.0161. The van der Waals surface area contributed by atoms with Gasteiger partial charge in [0, 0.05) is 12.8 Å². The van der Waals surface area contributed by atoms with E-state index in [0.29, 0.717) is 23.9 Å². The van der Waals surface area contributed by atoms with Gasteiger partial charge in [0.2, 0.25) is 0 Å². The first kappa shape index (κ1) is 55.9. The van der Waals surface area contributed by atoms with Gasteiger partial charge < -0.3 is 23.6 Å². The lowest BCUT2D eigenvalue weighted by Gasteiger charge is -2.24. The number of likely N-dealkylation sites (N-methyl/N-ethyl adjacent to an activating group) is 1. The van der Waals surface area contributed by atoms with E-state index in [0.717, 1.165) is 83.5 Å². The van der Waals surface area contributed by atoms with Crippen LogP contribution in [0.15, 0.2) is 97.2 Å². The third-order valence-corrected chi connectivity index (χ3v) is 10.5. The van der Waals surface area contributed by atoms with E-state index < -0.39 is 32.5 Å². The summed E-state index contributed by atoms with van der Waals surface area (Å²) in [5, 5.41) is 0. The maximum Gasteiger partial charge on any atom is 0.472 e. The molecule has 0 radical (unpaired) electrons. The van der Waals surface area contributed by atoms with E-state index >= 15 is 0 Å². The Balaban J connectivity index is 2.36. The Morgan fingerprint density at radius 1 is 0.623 bits per heavy atom. The van der Waals surface area contributed by atoms with Crippen LogP contribution < -0.4 is 0 Å². The van der Waals surface area contributed by atoms with Crippen molar-refractivity contribution in [1.29, 1.82) is 0 Å². The zero-order valence-corrected chi connectivity index (χ0v) is 39.4. The second-order valence-corrected chi connectivity index (χ2v) is 17.9. The molecule has 11 heteroatoms. The van der Waals surface area contributed by atoms with Gasteiger partial charge in [-0.15, -0.1) is 0 Å². The van der Waals surface area contributed by atoms with Gasteiger partial charge in [-0.05, 0) is 96.3 Å². The minimum Gasteiger partial charge on any atom is -0.462 e. The van der Waals surface area contributed by atoms with E-state index in [-0.39, 0.29) is 38.3 Å². The van der Waals surface area contributed by atoms with Gasteiger partial charge in [-0.1, -0.05) is 130 Å². The van der Waals surface area contributed by atoms with Crippen LogP contribution in [-0.4, -0.2) is 87.1 Å². The number of hydrogen-bond acceptors (Lipinski definition) is 8. The first-order valence-corrected chi connectivity index (χ1v) is 24.6. The van der Waals surface area contributed by atoms with E-state index in [1.807, 2.05) is 21.1 Å². The van der Waals surface area contributed by atoms with Crippen LogP contribution in [0.1, 0.15) is 142 Å². The van der Waals surface area contributed by atoms with Crippen molar-refractivity contribution in [3.8, 4) is 0 Å². The topological polar surface area (TPSA) is 121 Å². The summed E-state index contributed by atoms with van der Waals surface area (Å²) in [6, 6.07) is 0. The highest BCUT2D eigenvalue weighted by molar-refractivity contribution is 7.47. The number of carbonyl (C=O) groups excluding carboxylic acids is 2. The van der Waals surface area contributed by atoms with Crippen molar-refractivity contribution < 1.29 is 46.8 Å². The van der Waals surface area contributed by atoms with Gasteiger partial charge in [-0.25, -0.2) is 4.57 Å². The zero-order chi connectivity index (χ0) is 44.7. The van der Waals surface area contributed by atoms with Crippen LogP contribution in [0.2, 0.25) is 0 Å². The van der Waals surface area contributed by atoms with Crippen LogP contribution in [0.3, 0.4) is 0 Å². The minimum absolute atomic E-state index is 0.00595. The molecule has 346 valence electrons. The summed E-state index contributed by atoms with van der Waals surface area (Å²) >= 11 is 0. The fourth-order valence-corrected chi connectivity index (χ4v) is 6.57. The summed E-state index contributed by atoms with van der Waals surface area (Å²) in [4.78, 5) is 35.5. The lowest BCUT2D eigenvalue weighted by Crippen LogP contribution is -2.37. The summed E-state index contributed by atoms with van der Waals surface area (Å²) in [6.07, 6.45) is 51.9. The monoisotopic (exact) mass is 873 g/mol. The average Bonchev–Trinajstić information content (AvgIpc) is 3.97. The molecule has 1 N–H and O–H groups in total. The Morgan fingerprint density at radius 3 is 1.70 bits per heavy atom. The standard InChI is InChI=1S/C50H82NO9P/c1-6-8-10-12-14-16-18-20-21-22-23-24-25-26-28-30-32-34-36-40-49(52)56-44-46(45-58-61(54,55)57-43-42-51(3,4)5)59-50(53)41-37-39-48-47(60-48)38-35-33-31-29-27-19-17-15-13-11-9-7-2/h8,10,14-17,20-21,23-24,26-29,33,35,46-48H,6-7,9,11-13,18-19,22,25,30-32,34,36-45H2,1-5H3/p+1/b10-8-,16-14-,17-15-,21-20-,24-23-,28-26-,29-27-,35-33-/t46-,47?,48?/m1/s1. The number of carbonyl (C=O) groups is 2. The Kier molecular flexibility index (Phi) is 34.3. The van der Waals surface area contributed by atoms with Gasteiger partial charge in [0.15, 0.2) is 6.10 Å². The molecule has 1 heterocycles. The van der Waals surface area contributed by atoms with E-state index in [9.17, 15) is 19.0 Å². The predicted molar refractivity (Wildman–Crippen MR) is 251 cm³/mol. The molecule has 0 amide bonds. The zero-order valence-electron chi connectivity index (χ0n) is 38.5. The molecule has 0 spiro atoms. The molecule has 4 atom stereocenters. The van der Waals surface area contributed by atoms with E-state index in [1.165, 1.54) is 19.3 Å². The Bertz CT molecular complexity index is 1420. The Morgan fingerprint density at radius 2 is 1.15 bits per heavy atom. The molecule has 1 saturated heterocycles. The van der Waals surface area contributed by atoms with Gasteiger partial charge >= 0.3 is 19.8 Å². The molecule has 61 heavy (non-hydrogen) atoms. The molecule has 0 aromatic carbocycles. The number of allylic oxidation sites excluding steroid dienone is 15. The number of phosphoric ester groups is 1. The number of ether oxygens (including phenoxy) is 3. The summed E-state index contributed by atoms with van der Waals surface area (Å²) < 4.78 is 40.1. The highest BCUT2D eigenvalue weighted by Gasteiger charge is 2.37. The second-order valence-electron chi connectivity index (χ2n) is 16.4. The number of epoxide rings is 1. The number of phosphoric acid groups is 1. The number of rotatable bonds is 39. The SMILES string of the molecule is CC/C=C\C/C=C\C/C=C\C/C=C\C/C=C\CCCCCC(=O)OC[C@H](COP(=O)(O)OCC[N+](C)(C)C)OC(=O)CCCC1OC1C/C=C\C/C=C\C/C=C\CCCCC. The molecule has 0 bridgehead atoms. The number of esters is 2. The van der Waals surface area contributed by atoms with Crippen molar-refractivity contribution in [1.82, 2.24) is 0 Å².